The first kappa shape index (κ1) is 15.7. The van der Waals surface area contributed by atoms with Gasteiger partial charge in [-0.25, -0.2) is 0 Å². The highest BCUT2D eigenvalue weighted by Gasteiger charge is 2.15. The second-order valence-corrected chi connectivity index (χ2v) is 5.63. The molecule has 0 aliphatic rings. The van der Waals surface area contributed by atoms with Gasteiger partial charge in [0.2, 0.25) is 0 Å². The number of aromatic nitrogens is 1. The monoisotopic (exact) mass is 282 g/mol. The lowest BCUT2D eigenvalue weighted by atomic mass is 9.98. The molecule has 2 rings (SSSR count). The normalized spacial score (nSPS) is 13.8. The van der Waals surface area contributed by atoms with Crippen molar-refractivity contribution in [3.05, 3.63) is 66.0 Å². The molecule has 0 saturated heterocycles. The lowest BCUT2D eigenvalue weighted by Gasteiger charge is -2.24. The molecule has 0 fully saturated rings. The van der Waals surface area contributed by atoms with E-state index < -0.39 is 0 Å². The molecule has 1 aromatic carbocycles. The van der Waals surface area contributed by atoms with Crippen molar-refractivity contribution in [1.29, 1.82) is 0 Å². The van der Waals surface area contributed by atoms with E-state index in [-0.39, 0.29) is 0 Å². The Morgan fingerprint density at radius 1 is 1.00 bits per heavy atom. The van der Waals surface area contributed by atoms with Crippen molar-refractivity contribution in [2.75, 3.05) is 0 Å². The van der Waals surface area contributed by atoms with Crippen LogP contribution >= 0.6 is 0 Å². The lowest BCUT2D eigenvalue weighted by Crippen LogP contribution is -2.24. The number of benzene rings is 1. The summed E-state index contributed by atoms with van der Waals surface area (Å²) in [6, 6.07) is 15.6. The molecule has 2 atom stereocenters. The van der Waals surface area contributed by atoms with Crippen molar-refractivity contribution in [2.24, 2.45) is 0 Å². The summed E-state index contributed by atoms with van der Waals surface area (Å²) >= 11 is 0. The predicted octanol–water partition coefficient (Wildman–Crippen LogP) is 5.05. The fourth-order valence-corrected chi connectivity index (χ4v) is 2.66. The van der Waals surface area contributed by atoms with Crippen LogP contribution in [0.5, 0.6) is 0 Å². The van der Waals surface area contributed by atoms with E-state index in [0.29, 0.717) is 12.1 Å². The van der Waals surface area contributed by atoms with Gasteiger partial charge in [0.25, 0.3) is 0 Å². The highest BCUT2D eigenvalue weighted by atomic mass is 14.9. The topological polar surface area (TPSA) is 24.9 Å². The van der Waals surface area contributed by atoms with Crippen LogP contribution in [0, 0.1) is 0 Å². The van der Waals surface area contributed by atoms with E-state index in [9.17, 15) is 0 Å². The standard InChI is InChI=1S/C19H26N2/c1-3-4-6-13-19(17-10-7-5-8-11-17)21-16(2)18-12-9-14-20-15-18/h5,7-12,14-16,19,21H,3-4,6,13H2,1-2H3/t16-,19?/m1/s1. The Balaban J connectivity index is 2.05. The van der Waals surface area contributed by atoms with Crippen molar-refractivity contribution in [1.82, 2.24) is 10.3 Å². The van der Waals surface area contributed by atoms with Gasteiger partial charge in [0.05, 0.1) is 0 Å². The smallest absolute Gasteiger partial charge is 0.0325 e. The number of nitrogens with one attached hydrogen (secondary N) is 1. The Hall–Kier alpha value is -1.67. The maximum Gasteiger partial charge on any atom is 0.0325 e. The molecule has 2 aromatic rings. The fourth-order valence-electron chi connectivity index (χ4n) is 2.66. The van der Waals surface area contributed by atoms with Gasteiger partial charge in [-0.2, -0.15) is 0 Å². The van der Waals surface area contributed by atoms with Gasteiger partial charge in [0, 0.05) is 24.5 Å². The molecule has 0 radical (unpaired) electrons. The zero-order valence-electron chi connectivity index (χ0n) is 13.1. The maximum absolute atomic E-state index is 4.22. The third kappa shape index (κ3) is 4.98. The van der Waals surface area contributed by atoms with Crippen LogP contribution in [-0.2, 0) is 0 Å². The average molecular weight is 282 g/mol. The first-order chi connectivity index (χ1) is 10.3. The summed E-state index contributed by atoms with van der Waals surface area (Å²) in [4.78, 5) is 4.22. The van der Waals surface area contributed by atoms with Gasteiger partial charge in [-0.05, 0) is 30.5 Å². The Bertz CT molecular complexity index is 495. The summed E-state index contributed by atoms with van der Waals surface area (Å²) in [5.41, 5.74) is 2.62. The van der Waals surface area contributed by atoms with Gasteiger partial charge in [-0.3, -0.25) is 4.98 Å². The van der Waals surface area contributed by atoms with E-state index in [0.717, 1.165) is 0 Å². The van der Waals surface area contributed by atoms with Crippen LogP contribution in [0.15, 0.2) is 54.9 Å². The summed E-state index contributed by atoms with van der Waals surface area (Å²) < 4.78 is 0. The maximum atomic E-state index is 4.22. The highest BCUT2D eigenvalue weighted by Crippen LogP contribution is 2.24. The van der Waals surface area contributed by atoms with Gasteiger partial charge in [-0.1, -0.05) is 62.6 Å². The largest absolute Gasteiger partial charge is 0.303 e. The zero-order chi connectivity index (χ0) is 14.9. The second kappa shape index (κ2) is 8.58. The second-order valence-electron chi connectivity index (χ2n) is 5.63. The molecular formula is C19H26N2. The van der Waals surface area contributed by atoms with E-state index in [2.05, 4.69) is 60.5 Å². The number of rotatable bonds is 8. The minimum Gasteiger partial charge on any atom is -0.303 e. The summed E-state index contributed by atoms with van der Waals surface area (Å²) in [7, 11) is 0. The van der Waals surface area contributed by atoms with Crippen LogP contribution < -0.4 is 5.32 Å². The molecule has 112 valence electrons. The summed E-state index contributed by atoms with van der Waals surface area (Å²) in [6.45, 7) is 4.47. The SMILES string of the molecule is CCCCCC(N[C@H](C)c1cccnc1)c1ccccc1. The lowest BCUT2D eigenvalue weighted by molar-refractivity contribution is 0.427. The zero-order valence-corrected chi connectivity index (χ0v) is 13.1. The molecule has 2 nitrogen and oxygen atoms in total. The van der Waals surface area contributed by atoms with E-state index in [4.69, 9.17) is 0 Å². The molecule has 0 saturated carbocycles. The number of unbranched alkanes of at least 4 members (excludes halogenated alkanes) is 2. The molecular weight excluding hydrogens is 256 g/mol. The van der Waals surface area contributed by atoms with E-state index in [1.807, 2.05) is 18.5 Å². The molecule has 0 bridgehead atoms. The van der Waals surface area contributed by atoms with E-state index in [1.54, 1.807) is 0 Å². The van der Waals surface area contributed by atoms with Gasteiger partial charge in [-0.15, -0.1) is 0 Å². The number of pyridine rings is 1. The minimum absolute atomic E-state index is 0.311. The van der Waals surface area contributed by atoms with E-state index in [1.165, 1.54) is 36.8 Å². The van der Waals surface area contributed by atoms with Crippen LogP contribution in [0.2, 0.25) is 0 Å². The molecule has 0 aliphatic carbocycles. The number of hydrogen-bond acceptors (Lipinski definition) is 2. The Morgan fingerprint density at radius 3 is 2.43 bits per heavy atom. The summed E-state index contributed by atoms with van der Waals surface area (Å²) in [6.07, 6.45) is 8.79. The van der Waals surface area contributed by atoms with Crippen LogP contribution in [0.3, 0.4) is 0 Å². The number of nitrogens with zero attached hydrogens (tertiary/aromatic N) is 1. The van der Waals surface area contributed by atoms with Crippen LogP contribution in [0.4, 0.5) is 0 Å². The molecule has 0 amide bonds. The average Bonchev–Trinajstić information content (AvgIpc) is 2.55. The van der Waals surface area contributed by atoms with Crippen LogP contribution in [0.25, 0.3) is 0 Å². The van der Waals surface area contributed by atoms with Gasteiger partial charge in [0.1, 0.15) is 0 Å². The minimum atomic E-state index is 0.311. The van der Waals surface area contributed by atoms with Crippen molar-refractivity contribution in [3.63, 3.8) is 0 Å². The van der Waals surface area contributed by atoms with Crippen molar-refractivity contribution in [2.45, 2.75) is 51.6 Å². The first-order valence-electron chi connectivity index (χ1n) is 8.02. The first-order valence-corrected chi connectivity index (χ1v) is 8.02. The molecule has 21 heavy (non-hydrogen) atoms. The number of hydrogen-bond donors (Lipinski definition) is 1. The fraction of sp³-hybridized carbons (Fsp3) is 0.421. The summed E-state index contributed by atoms with van der Waals surface area (Å²) in [5, 5.41) is 3.77. The quantitative estimate of drug-likeness (QED) is 0.685. The molecule has 1 heterocycles. The van der Waals surface area contributed by atoms with Gasteiger partial charge >= 0.3 is 0 Å². The molecule has 0 aliphatic heterocycles. The van der Waals surface area contributed by atoms with E-state index >= 15 is 0 Å². The summed E-state index contributed by atoms with van der Waals surface area (Å²) in [5.74, 6) is 0. The third-order valence-corrected chi connectivity index (χ3v) is 3.93. The molecule has 1 aromatic heterocycles. The molecule has 0 spiro atoms. The molecule has 1 N–H and O–H groups in total. The third-order valence-electron chi connectivity index (χ3n) is 3.93. The molecule has 1 unspecified atom stereocenters. The molecule has 2 heteroatoms. The Labute approximate surface area is 128 Å². The van der Waals surface area contributed by atoms with Crippen molar-refractivity contribution >= 4 is 0 Å². The van der Waals surface area contributed by atoms with Gasteiger partial charge in [0.15, 0.2) is 0 Å². The van der Waals surface area contributed by atoms with Gasteiger partial charge < -0.3 is 5.32 Å². The Kier molecular flexibility index (Phi) is 6.42. The predicted molar refractivity (Wildman–Crippen MR) is 89.1 cm³/mol. The Morgan fingerprint density at radius 2 is 1.76 bits per heavy atom. The highest BCUT2D eigenvalue weighted by molar-refractivity contribution is 5.20. The van der Waals surface area contributed by atoms with Crippen LogP contribution in [0.1, 0.15) is 62.7 Å². The van der Waals surface area contributed by atoms with Crippen molar-refractivity contribution < 1.29 is 0 Å². The van der Waals surface area contributed by atoms with Crippen molar-refractivity contribution in [3.8, 4) is 0 Å². The van der Waals surface area contributed by atoms with Crippen LogP contribution in [-0.4, -0.2) is 4.98 Å².